The fraction of sp³-hybridized carbons (Fsp3) is 0.436. The average Bonchev–Trinajstić information content (AvgIpc) is 3.11. The summed E-state index contributed by atoms with van der Waals surface area (Å²) in [7, 11) is 2.23. The first-order chi connectivity index (χ1) is 23.3. The molecule has 0 N–H and O–H groups in total. The molecule has 0 spiro atoms. The summed E-state index contributed by atoms with van der Waals surface area (Å²) in [4.78, 5) is 50.2. The second-order valence-corrected chi connectivity index (χ2v) is 17.1. The van der Waals surface area contributed by atoms with Gasteiger partial charge in [0.05, 0.1) is 35.0 Å². The van der Waals surface area contributed by atoms with E-state index in [0.717, 1.165) is 5.57 Å². The van der Waals surface area contributed by atoms with Crippen LogP contribution in [0.25, 0.3) is 0 Å². The van der Waals surface area contributed by atoms with Crippen molar-refractivity contribution >= 4 is 42.6 Å². The monoisotopic (exact) mass is 692 g/mol. The van der Waals surface area contributed by atoms with Gasteiger partial charge < -0.3 is 23.4 Å². The zero-order valence-corrected chi connectivity index (χ0v) is 31.2. The van der Waals surface area contributed by atoms with Crippen LogP contribution in [0.4, 0.5) is 0 Å². The molecule has 266 valence electrons. The Balaban J connectivity index is 2.21. The molecule has 0 aliphatic carbocycles. The summed E-state index contributed by atoms with van der Waals surface area (Å²) in [5, 5.41) is 2.22. The largest absolute Gasteiger partial charge is 0.468 e. The van der Waals surface area contributed by atoms with E-state index in [1.165, 1.54) is 38.8 Å². The fourth-order valence-electron chi connectivity index (χ4n) is 5.99. The maximum absolute atomic E-state index is 13.1. The summed E-state index contributed by atoms with van der Waals surface area (Å²) in [6.07, 6.45) is 10.3. The minimum absolute atomic E-state index is 0.0618. The molecule has 10 heteroatoms. The summed E-state index contributed by atoms with van der Waals surface area (Å²) in [6, 6.07) is 20.8. The van der Waals surface area contributed by atoms with Crippen molar-refractivity contribution in [1.82, 2.24) is 0 Å². The zero-order chi connectivity index (χ0) is 36.5. The molecule has 9 nitrogen and oxygen atoms in total. The second kappa shape index (κ2) is 19.6. The third-order valence-electron chi connectivity index (χ3n) is 8.68. The fourth-order valence-corrected chi connectivity index (χ4v) is 10.5. The first-order valence-electron chi connectivity index (χ1n) is 16.4. The Kier molecular flexibility index (Phi) is 16.4. The van der Waals surface area contributed by atoms with Crippen molar-refractivity contribution in [2.45, 2.75) is 64.8 Å². The number of allylic oxidation sites excluding steroid dienone is 5. The molecule has 49 heavy (non-hydrogen) atoms. The zero-order valence-electron chi connectivity index (χ0n) is 30.2. The molecule has 0 saturated carbocycles. The Labute approximate surface area is 292 Å². The van der Waals surface area contributed by atoms with Gasteiger partial charge in [-0.05, 0) is 54.4 Å². The Bertz CT molecular complexity index is 1380. The second-order valence-electron chi connectivity index (χ2n) is 12.8. The van der Waals surface area contributed by atoms with Crippen molar-refractivity contribution in [3.63, 3.8) is 0 Å². The van der Waals surface area contributed by atoms with Gasteiger partial charge in [0.1, 0.15) is 0 Å². The number of carbonyl (C=O) groups is 4. The van der Waals surface area contributed by atoms with Crippen LogP contribution in [-0.4, -0.2) is 67.2 Å². The van der Waals surface area contributed by atoms with Crippen molar-refractivity contribution in [1.29, 1.82) is 0 Å². The summed E-state index contributed by atoms with van der Waals surface area (Å²) < 4.78 is 26.5. The van der Waals surface area contributed by atoms with Crippen LogP contribution < -0.4 is 10.4 Å². The van der Waals surface area contributed by atoms with Crippen molar-refractivity contribution < 1.29 is 42.6 Å². The molecule has 2 aromatic rings. The molecular weight excluding hydrogens is 641 g/mol. The molecule has 0 unspecified atom stereocenters. The SMILES string of the molecule is COC(=O)C(CC/C=C(\C)CCC(C/C=C\C=C\CO[Si](c1ccccc1)(c1ccccc1)C(C)(C)C)(C(=O)OC)C(=O)OC)C(=O)OC. The number of benzene rings is 2. The molecule has 0 heterocycles. The van der Waals surface area contributed by atoms with Crippen LogP contribution in [0.5, 0.6) is 0 Å². The van der Waals surface area contributed by atoms with Gasteiger partial charge in [-0.15, -0.1) is 0 Å². The summed E-state index contributed by atoms with van der Waals surface area (Å²) in [5.74, 6) is -3.73. The number of ether oxygens (including phenoxy) is 4. The smallest absolute Gasteiger partial charge is 0.323 e. The topological polar surface area (TPSA) is 114 Å². The number of hydrogen-bond acceptors (Lipinski definition) is 9. The number of hydrogen-bond donors (Lipinski definition) is 0. The summed E-state index contributed by atoms with van der Waals surface area (Å²) >= 11 is 0. The number of methoxy groups -OCH3 is 4. The lowest BCUT2D eigenvalue weighted by atomic mass is 9.78. The maximum Gasteiger partial charge on any atom is 0.323 e. The van der Waals surface area contributed by atoms with Gasteiger partial charge in [0.15, 0.2) is 11.3 Å². The highest BCUT2D eigenvalue weighted by Crippen LogP contribution is 2.37. The molecule has 0 bridgehead atoms. The molecule has 0 atom stereocenters. The highest BCUT2D eigenvalue weighted by molar-refractivity contribution is 6.99. The third kappa shape index (κ3) is 10.6. The van der Waals surface area contributed by atoms with Gasteiger partial charge in [-0.25, -0.2) is 0 Å². The summed E-state index contributed by atoms with van der Waals surface area (Å²) in [5.41, 5.74) is -0.690. The van der Waals surface area contributed by atoms with E-state index in [-0.39, 0.29) is 24.3 Å². The maximum atomic E-state index is 13.1. The first-order valence-corrected chi connectivity index (χ1v) is 18.3. The van der Waals surface area contributed by atoms with Crippen molar-refractivity contribution in [3.8, 4) is 0 Å². The van der Waals surface area contributed by atoms with Crippen LogP contribution in [0.1, 0.15) is 59.8 Å². The average molecular weight is 693 g/mol. The van der Waals surface area contributed by atoms with Gasteiger partial charge in [-0.1, -0.05) is 117 Å². The van der Waals surface area contributed by atoms with E-state index in [1.54, 1.807) is 12.2 Å². The van der Waals surface area contributed by atoms with Crippen LogP contribution in [0.2, 0.25) is 5.04 Å². The minimum atomic E-state index is -2.69. The normalized spacial score (nSPS) is 12.7. The van der Waals surface area contributed by atoms with Gasteiger partial charge in [0, 0.05) is 0 Å². The Morgan fingerprint density at radius 2 is 1.22 bits per heavy atom. The Morgan fingerprint density at radius 3 is 1.67 bits per heavy atom. The number of esters is 4. The van der Waals surface area contributed by atoms with E-state index in [4.69, 9.17) is 23.4 Å². The number of carbonyl (C=O) groups excluding carboxylic acids is 4. The predicted octanol–water partition coefficient (Wildman–Crippen LogP) is 5.87. The van der Waals surface area contributed by atoms with E-state index in [1.807, 2.05) is 61.5 Å². The lowest BCUT2D eigenvalue weighted by Crippen LogP contribution is -2.66. The van der Waals surface area contributed by atoms with Crippen LogP contribution in [-0.2, 0) is 42.6 Å². The number of rotatable bonds is 18. The molecule has 0 fully saturated rings. The van der Waals surface area contributed by atoms with Gasteiger partial charge in [0.25, 0.3) is 8.32 Å². The third-order valence-corrected chi connectivity index (χ3v) is 13.7. The highest BCUT2D eigenvalue weighted by atomic mass is 28.4. The lowest BCUT2D eigenvalue weighted by Gasteiger charge is -2.42. The van der Waals surface area contributed by atoms with Crippen LogP contribution >= 0.6 is 0 Å². The van der Waals surface area contributed by atoms with Gasteiger partial charge in [0.2, 0.25) is 0 Å². The molecule has 0 aromatic heterocycles. The molecular formula is C39H52O9Si. The van der Waals surface area contributed by atoms with E-state index in [2.05, 4.69) is 45.0 Å². The van der Waals surface area contributed by atoms with E-state index in [0.29, 0.717) is 19.4 Å². The quantitative estimate of drug-likeness (QED) is 0.0473. The Hall–Kier alpha value is -4.28. The highest BCUT2D eigenvalue weighted by Gasteiger charge is 2.50. The van der Waals surface area contributed by atoms with Crippen molar-refractivity contribution in [3.05, 3.63) is 96.6 Å². The Morgan fingerprint density at radius 1 is 0.735 bits per heavy atom. The van der Waals surface area contributed by atoms with E-state index >= 15 is 0 Å². The van der Waals surface area contributed by atoms with Gasteiger partial charge in [-0.3, -0.25) is 19.2 Å². The van der Waals surface area contributed by atoms with E-state index in [9.17, 15) is 19.2 Å². The van der Waals surface area contributed by atoms with Crippen LogP contribution in [0.15, 0.2) is 96.6 Å². The molecule has 0 aliphatic heterocycles. The van der Waals surface area contributed by atoms with Crippen molar-refractivity contribution in [2.24, 2.45) is 11.3 Å². The van der Waals surface area contributed by atoms with Crippen LogP contribution in [0, 0.1) is 11.3 Å². The van der Waals surface area contributed by atoms with E-state index < -0.39 is 43.5 Å². The predicted molar refractivity (Wildman–Crippen MR) is 193 cm³/mol. The molecule has 2 aromatic carbocycles. The molecule has 0 saturated heterocycles. The molecule has 0 radical (unpaired) electrons. The summed E-state index contributed by atoms with van der Waals surface area (Å²) in [6.45, 7) is 8.89. The molecule has 0 aliphatic rings. The minimum Gasteiger partial charge on any atom is -0.468 e. The molecule has 2 rings (SSSR count). The first kappa shape index (κ1) is 40.9. The molecule has 0 amide bonds. The van der Waals surface area contributed by atoms with Crippen molar-refractivity contribution in [2.75, 3.05) is 35.0 Å². The lowest BCUT2D eigenvalue weighted by molar-refractivity contribution is -0.169. The van der Waals surface area contributed by atoms with Crippen LogP contribution in [0.3, 0.4) is 0 Å². The van der Waals surface area contributed by atoms with Gasteiger partial charge in [-0.2, -0.15) is 0 Å². The standard InChI is InChI=1S/C39H52O9Si/c1-30(20-19-25-33(34(40)44-5)35(41)45-6)26-28-39(36(42)46-7,37(43)47-8)27-17-9-10-18-29-48-49(38(2,3)4,31-21-13-11-14-22-31)32-23-15-12-16-24-32/h9-18,20-24,33H,19,25-29H2,1-8H3/b17-9-,18-10+,30-20+. The van der Waals surface area contributed by atoms with Gasteiger partial charge >= 0.3 is 23.9 Å².